The molecule has 7 nitrogen and oxygen atoms in total. The predicted molar refractivity (Wildman–Crippen MR) is 79.8 cm³/mol. The van der Waals surface area contributed by atoms with Gasteiger partial charge in [0.05, 0.1) is 6.61 Å². The van der Waals surface area contributed by atoms with Gasteiger partial charge < -0.3 is 15.1 Å². The molecule has 0 bridgehead atoms. The largest absolute Gasteiger partial charge is 0.419 e. The minimum absolute atomic E-state index is 0.340. The van der Waals surface area contributed by atoms with Crippen molar-refractivity contribution in [1.29, 1.82) is 0 Å². The summed E-state index contributed by atoms with van der Waals surface area (Å²) in [5, 5.41) is 3.07. The standard InChI is InChI=1S/C12H17NO3.ClH2O3P/c1-4-15-16-11(14)12(2,3)13-10-8-6-5-7-9-10;1-5(2,3)4/h5-9,13H,4H2,1-3H3;(H2,2,3,4). The molecule has 0 heterocycles. The molecule has 0 radical (unpaired) electrons. The molecule has 0 saturated heterocycles. The maximum absolute atomic E-state index is 11.6. The molecule has 1 aromatic carbocycles. The molecule has 0 spiro atoms. The van der Waals surface area contributed by atoms with Crippen molar-refractivity contribution >= 4 is 29.8 Å². The summed E-state index contributed by atoms with van der Waals surface area (Å²) in [6, 6.07) is 9.47. The Morgan fingerprint density at radius 1 is 1.33 bits per heavy atom. The van der Waals surface area contributed by atoms with E-state index in [0.717, 1.165) is 5.69 Å². The second kappa shape index (κ2) is 9.02. The lowest BCUT2D eigenvalue weighted by molar-refractivity contribution is -0.272. The Labute approximate surface area is 128 Å². The fourth-order valence-corrected chi connectivity index (χ4v) is 1.15. The molecule has 0 amide bonds. The maximum atomic E-state index is 11.6. The minimum Gasteiger partial charge on any atom is -0.370 e. The van der Waals surface area contributed by atoms with Gasteiger partial charge in [-0.05, 0) is 32.9 Å². The van der Waals surface area contributed by atoms with E-state index in [1.54, 1.807) is 20.8 Å². The summed E-state index contributed by atoms with van der Waals surface area (Å²) in [6.45, 7) is 1.40. The number of para-hydroxylation sites is 1. The van der Waals surface area contributed by atoms with Crippen LogP contribution in [0.25, 0.3) is 0 Å². The summed E-state index contributed by atoms with van der Waals surface area (Å²) < 4.78 is 9.09. The number of hydrogen-bond donors (Lipinski definition) is 3. The highest BCUT2D eigenvalue weighted by atomic mass is 35.7. The van der Waals surface area contributed by atoms with E-state index in [2.05, 4.69) is 26.3 Å². The smallest absolute Gasteiger partial charge is 0.370 e. The summed E-state index contributed by atoms with van der Waals surface area (Å²) in [7, 11) is 0. The molecule has 120 valence electrons. The Morgan fingerprint density at radius 2 is 1.81 bits per heavy atom. The third-order valence-corrected chi connectivity index (χ3v) is 1.99. The van der Waals surface area contributed by atoms with Crippen molar-refractivity contribution in [3.63, 3.8) is 0 Å². The van der Waals surface area contributed by atoms with E-state index in [4.69, 9.17) is 14.4 Å². The lowest BCUT2D eigenvalue weighted by atomic mass is 10.1. The second-order valence-corrected chi connectivity index (χ2v) is 6.63. The zero-order valence-electron chi connectivity index (χ0n) is 11.9. The zero-order chi connectivity index (χ0) is 16.5. The van der Waals surface area contributed by atoms with Crippen molar-refractivity contribution in [2.45, 2.75) is 26.3 Å². The first-order chi connectivity index (χ1) is 9.56. The van der Waals surface area contributed by atoms with Crippen LogP contribution in [0.3, 0.4) is 0 Å². The number of carbonyl (C=O) groups excluding carboxylic acids is 1. The van der Waals surface area contributed by atoms with E-state index in [1.165, 1.54) is 0 Å². The Morgan fingerprint density at radius 3 is 2.24 bits per heavy atom. The second-order valence-electron chi connectivity index (χ2n) is 4.37. The average molecular weight is 340 g/mol. The first kappa shape index (κ1) is 19.9. The Hall–Kier alpha value is -1.11. The van der Waals surface area contributed by atoms with Gasteiger partial charge in [0.15, 0.2) is 0 Å². The number of nitrogens with one attached hydrogen (secondary N) is 1. The summed E-state index contributed by atoms with van der Waals surface area (Å²) in [5.74, 6) is -0.446. The topological polar surface area (TPSA) is 105 Å². The van der Waals surface area contributed by atoms with Crippen LogP contribution in [-0.4, -0.2) is 27.9 Å². The van der Waals surface area contributed by atoms with Crippen molar-refractivity contribution in [2.75, 3.05) is 11.9 Å². The maximum Gasteiger partial charge on any atom is 0.419 e. The molecular formula is C12H19ClNO6P. The number of benzene rings is 1. The van der Waals surface area contributed by atoms with Crippen molar-refractivity contribution in [2.24, 2.45) is 0 Å². The van der Waals surface area contributed by atoms with E-state index in [1.807, 2.05) is 30.3 Å². The van der Waals surface area contributed by atoms with Crippen LogP contribution in [0.15, 0.2) is 30.3 Å². The van der Waals surface area contributed by atoms with Gasteiger partial charge in [-0.2, -0.15) is 4.89 Å². The monoisotopic (exact) mass is 339 g/mol. The Kier molecular flexibility index (Phi) is 8.54. The van der Waals surface area contributed by atoms with Gasteiger partial charge >= 0.3 is 12.9 Å². The summed E-state index contributed by atoms with van der Waals surface area (Å²) in [6.07, 6.45) is 0. The van der Waals surface area contributed by atoms with E-state index in [-0.39, 0.29) is 0 Å². The number of anilines is 1. The van der Waals surface area contributed by atoms with Crippen LogP contribution in [0.1, 0.15) is 20.8 Å². The molecular weight excluding hydrogens is 321 g/mol. The highest BCUT2D eigenvalue weighted by molar-refractivity contribution is 7.79. The van der Waals surface area contributed by atoms with Crippen molar-refractivity contribution in [3.05, 3.63) is 30.3 Å². The van der Waals surface area contributed by atoms with E-state index < -0.39 is 18.5 Å². The van der Waals surface area contributed by atoms with Gasteiger partial charge in [0.1, 0.15) is 5.54 Å². The highest BCUT2D eigenvalue weighted by Crippen LogP contribution is 2.39. The number of hydrogen-bond acceptors (Lipinski definition) is 5. The minimum atomic E-state index is -4.17. The summed E-state index contributed by atoms with van der Waals surface area (Å²) >= 11 is 4.20. The first-order valence-electron chi connectivity index (χ1n) is 5.98. The lowest BCUT2D eigenvalue weighted by Gasteiger charge is -2.24. The molecule has 0 aromatic heterocycles. The van der Waals surface area contributed by atoms with Crippen molar-refractivity contribution < 1.29 is 28.9 Å². The Bertz CT molecular complexity index is 468. The van der Waals surface area contributed by atoms with Crippen LogP contribution >= 0.6 is 18.2 Å². The van der Waals surface area contributed by atoms with Gasteiger partial charge in [-0.3, -0.25) is 4.89 Å². The van der Waals surface area contributed by atoms with Crippen LogP contribution < -0.4 is 5.32 Å². The molecule has 21 heavy (non-hydrogen) atoms. The third kappa shape index (κ3) is 11.2. The molecule has 0 saturated carbocycles. The third-order valence-electron chi connectivity index (χ3n) is 1.99. The van der Waals surface area contributed by atoms with E-state index >= 15 is 0 Å². The van der Waals surface area contributed by atoms with Crippen LogP contribution in [0, 0.1) is 0 Å². The molecule has 0 atom stereocenters. The molecule has 0 fully saturated rings. The molecule has 0 aliphatic carbocycles. The van der Waals surface area contributed by atoms with Gasteiger partial charge in [-0.25, -0.2) is 9.36 Å². The highest BCUT2D eigenvalue weighted by Gasteiger charge is 2.30. The summed E-state index contributed by atoms with van der Waals surface area (Å²) in [5.41, 5.74) is 0.0391. The van der Waals surface area contributed by atoms with Crippen molar-refractivity contribution in [3.8, 4) is 0 Å². The number of halogens is 1. The molecule has 9 heteroatoms. The fraction of sp³-hybridized carbons (Fsp3) is 0.417. The Balaban J connectivity index is 0.000000690. The SMILES string of the molecule is CCOOC(=O)C(C)(C)Nc1ccccc1.O=P(O)(O)Cl. The fourth-order valence-electron chi connectivity index (χ4n) is 1.15. The van der Waals surface area contributed by atoms with Crippen LogP contribution in [-0.2, 0) is 19.1 Å². The van der Waals surface area contributed by atoms with Crippen LogP contribution in [0.5, 0.6) is 0 Å². The molecule has 0 aliphatic rings. The van der Waals surface area contributed by atoms with E-state index in [0.29, 0.717) is 6.61 Å². The van der Waals surface area contributed by atoms with Gasteiger partial charge in [0.2, 0.25) is 0 Å². The average Bonchev–Trinajstić information content (AvgIpc) is 2.34. The van der Waals surface area contributed by atoms with Crippen LogP contribution in [0.4, 0.5) is 5.69 Å². The lowest BCUT2D eigenvalue weighted by Crippen LogP contribution is -2.41. The predicted octanol–water partition coefficient (Wildman–Crippen LogP) is 2.69. The van der Waals surface area contributed by atoms with Crippen LogP contribution in [0.2, 0.25) is 0 Å². The van der Waals surface area contributed by atoms with Gasteiger partial charge in [0, 0.05) is 16.9 Å². The number of carbonyl (C=O) groups is 1. The van der Waals surface area contributed by atoms with Gasteiger partial charge in [-0.1, -0.05) is 18.2 Å². The van der Waals surface area contributed by atoms with Crippen molar-refractivity contribution in [1.82, 2.24) is 0 Å². The molecule has 0 aliphatic heterocycles. The summed E-state index contributed by atoms with van der Waals surface area (Å²) in [4.78, 5) is 35.7. The molecule has 3 N–H and O–H groups in total. The van der Waals surface area contributed by atoms with E-state index in [9.17, 15) is 4.79 Å². The van der Waals surface area contributed by atoms with Gasteiger partial charge in [0.25, 0.3) is 0 Å². The quantitative estimate of drug-likeness (QED) is 0.430. The molecule has 1 aromatic rings. The zero-order valence-corrected chi connectivity index (χ0v) is 13.6. The van der Waals surface area contributed by atoms with Gasteiger partial charge in [-0.15, -0.1) is 0 Å². The first-order valence-corrected chi connectivity index (χ1v) is 8.50. The normalized spacial score (nSPS) is 11.1. The molecule has 1 rings (SSSR count). The number of rotatable bonds is 5. The molecule has 0 unspecified atom stereocenters.